The number of aliphatic hydroxyl groups excluding tert-OH is 2. The number of pyridine rings is 2. The van der Waals surface area contributed by atoms with Gasteiger partial charge in [-0.3, -0.25) is 0 Å². The summed E-state index contributed by atoms with van der Waals surface area (Å²) < 4.78 is 0. The minimum absolute atomic E-state index is 0. The smallest absolute Gasteiger partial charge is 0.149 e. The van der Waals surface area contributed by atoms with Gasteiger partial charge in [0.05, 0.1) is 29.9 Å². The second kappa shape index (κ2) is 19.4. The van der Waals surface area contributed by atoms with Crippen molar-refractivity contribution in [3.05, 3.63) is 98.4 Å². The van der Waals surface area contributed by atoms with E-state index in [2.05, 4.69) is 21.4 Å². The van der Waals surface area contributed by atoms with Crippen molar-refractivity contribution in [2.24, 2.45) is 5.73 Å². The van der Waals surface area contributed by atoms with E-state index >= 15 is 0 Å². The summed E-state index contributed by atoms with van der Waals surface area (Å²) in [5.74, 6) is 0.259. The molecule has 13 heteroatoms. The maximum atomic E-state index is 9.43. The van der Waals surface area contributed by atoms with Crippen LogP contribution in [-0.2, 0) is 0 Å². The Labute approximate surface area is 270 Å². The summed E-state index contributed by atoms with van der Waals surface area (Å²) in [7, 11) is 0. The van der Waals surface area contributed by atoms with Gasteiger partial charge >= 0.3 is 0 Å². The summed E-state index contributed by atoms with van der Waals surface area (Å²) in [6.45, 7) is 0.600. The Morgan fingerprint density at radius 1 is 0.636 bits per heavy atom. The SMILES string of the molecule is C.N#Cc1c(Cl)nc(Cl)c(C#N)c1-c1ccccc1.N#Cc1c(Cl)nc(NCCO)c(C#N)c1-c1ccccc1.NCCO. The Morgan fingerprint density at radius 2 is 1.00 bits per heavy atom. The largest absolute Gasteiger partial charge is 0.395 e. The number of nitrogens with two attached hydrogens (primary N) is 1. The van der Waals surface area contributed by atoms with Gasteiger partial charge in [0, 0.05) is 24.2 Å². The molecule has 0 saturated heterocycles. The fourth-order valence-corrected chi connectivity index (χ4v) is 4.30. The van der Waals surface area contributed by atoms with Crippen LogP contribution in [0.4, 0.5) is 5.82 Å². The monoisotopic (exact) mass is 648 g/mol. The van der Waals surface area contributed by atoms with Crippen molar-refractivity contribution in [3.8, 4) is 46.5 Å². The zero-order valence-electron chi connectivity index (χ0n) is 22.4. The van der Waals surface area contributed by atoms with Crippen molar-refractivity contribution in [3.63, 3.8) is 0 Å². The van der Waals surface area contributed by atoms with E-state index in [0.29, 0.717) is 28.8 Å². The lowest BCUT2D eigenvalue weighted by atomic mass is 9.97. The number of anilines is 1. The molecule has 2 heterocycles. The molecule has 0 radical (unpaired) electrons. The van der Waals surface area contributed by atoms with Gasteiger partial charge in [0.15, 0.2) is 0 Å². The minimum atomic E-state index is -0.106. The summed E-state index contributed by atoms with van der Waals surface area (Å²) in [5, 5.41) is 56.5. The predicted molar refractivity (Wildman–Crippen MR) is 172 cm³/mol. The first-order chi connectivity index (χ1) is 20.8. The van der Waals surface area contributed by atoms with Crippen LogP contribution >= 0.6 is 34.8 Å². The van der Waals surface area contributed by atoms with Gasteiger partial charge in [-0.05, 0) is 11.1 Å². The molecule has 0 unspecified atom stereocenters. The normalized spacial score (nSPS) is 9.23. The molecule has 10 nitrogen and oxygen atoms in total. The summed E-state index contributed by atoms with van der Waals surface area (Å²) >= 11 is 17.8. The second-order valence-electron chi connectivity index (χ2n) is 8.04. The van der Waals surface area contributed by atoms with E-state index in [9.17, 15) is 10.5 Å². The summed E-state index contributed by atoms with van der Waals surface area (Å²) in [5.41, 5.74) is 7.77. The van der Waals surface area contributed by atoms with Gasteiger partial charge in [-0.2, -0.15) is 21.0 Å². The van der Waals surface area contributed by atoms with E-state index in [0.717, 1.165) is 0 Å². The quantitative estimate of drug-likeness (QED) is 0.182. The lowest BCUT2D eigenvalue weighted by Crippen LogP contribution is -2.10. The van der Waals surface area contributed by atoms with Crippen molar-refractivity contribution in [1.82, 2.24) is 9.97 Å². The number of hydrogen-bond donors (Lipinski definition) is 4. The van der Waals surface area contributed by atoms with Crippen molar-refractivity contribution in [2.45, 2.75) is 7.43 Å². The number of hydrogen-bond acceptors (Lipinski definition) is 10. The van der Waals surface area contributed by atoms with Crippen LogP contribution in [0.5, 0.6) is 0 Å². The Balaban J connectivity index is 0.000000388. The van der Waals surface area contributed by atoms with Gasteiger partial charge < -0.3 is 21.3 Å². The van der Waals surface area contributed by atoms with Crippen LogP contribution in [0.25, 0.3) is 22.3 Å². The number of nitriles is 4. The molecule has 0 aliphatic heterocycles. The van der Waals surface area contributed by atoms with E-state index in [1.807, 2.05) is 42.5 Å². The van der Waals surface area contributed by atoms with E-state index in [4.69, 9.17) is 61.3 Å². The molecule has 2 aromatic carbocycles. The molecule has 5 N–H and O–H groups in total. The van der Waals surface area contributed by atoms with Crippen molar-refractivity contribution in [2.75, 3.05) is 31.6 Å². The lowest BCUT2D eigenvalue weighted by Gasteiger charge is -2.13. The fraction of sp³-hybridized carbons (Fsp3) is 0.161. The summed E-state index contributed by atoms with van der Waals surface area (Å²) in [6, 6.07) is 26.0. The molecule has 0 amide bonds. The molecule has 0 atom stereocenters. The molecule has 0 bridgehead atoms. The molecule has 44 heavy (non-hydrogen) atoms. The van der Waals surface area contributed by atoms with Crippen molar-refractivity contribution >= 4 is 40.6 Å². The summed E-state index contributed by atoms with van der Waals surface area (Å²) in [6.07, 6.45) is 0. The molecule has 0 aliphatic rings. The number of nitrogens with zero attached hydrogens (tertiary/aromatic N) is 6. The van der Waals surface area contributed by atoms with Gasteiger partial charge in [0.2, 0.25) is 0 Å². The summed E-state index contributed by atoms with van der Waals surface area (Å²) in [4.78, 5) is 7.82. The van der Waals surface area contributed by atoms with Crippen LogP contribution in [0.2, 0.25) is 15.5 Å². The van der Waals surface area contributed by atoms with Crippen LogP contribution in [-0.4, -0.2) is 46.5 Å². The predicted octanol–water partition coefficient (Wildman–Crippen LogP) is 5.92. The van der Waals surface area contributed by atoms with Crippen LogP contribution in [0.1, 0.15) is 29.7 Å². The maximum Gasteiger partial charge on any atom is 0.149 e. The van der Waals surface area contributed by atoms with Gasteiger partial charge in [0.25, 0.3) is 0 Å². The molecule has 224 valence electrons. The van der Waals surface area contributed by atoms with E-state index < -0.39 is 0 Å². The highest BCUT2D eigenvalue weighted by atomic mass is 35.5. The average Bonchev–Trinajstić information content (AvgIpc) is 3.04. The molecule has 2 aromatic heterocycles. The van der Waals surface area contributed by atoms with Gasteiger partial charge in [-0.15, -0.1) is 0 Å². The van der Waals surface area contributed by atoms with Crippen LogP contribution in [0.3, 0.4) is 0 Å². The highest BCUT2D eigenvalue weighted by Gasteiger charge is 2.21. The number of nitrogens with one attached hydrogen (secondary N) is 1. The standard InChI is InChI=1S/C15H11ClN4O.C13H5Cl2N3.C2H7NO.CH4/c16-14-11(8-17)13(10-4-2-1-3-5-10)12(9-18)15(20-14)19-6-7-21;14-12-9(6-16)11(8-4-2-1-3-5-8)10(7-17)13(15)18-12;3-1-2-4;/h1-5,21H,6-7H2,(H,19,20);1-5H;4H,1-3H2;1H4. The topological polar surface area (TPSA) is 199 Å². The number of aliphatic hydroxyl groups is 2. The number of rotatable bonds is 6. The minimum Gasteiger partial charge on any atom is -0.395 e. The first kappa shape index (κ1) is 37.3. The average molecular weight is 650 g/mol. The molecular weight excluding hydrogens is 623 g/mol. The van der Waals surface area contributed by atoms with Crippen LogP contribution < -0.4 is 11.1 Å². The molecule has 0 saturated carbocycles. The van der Waals surface area contributed by atoms with E-state index in [1.54, 1.807) is 36.4 Å². The third-order valence-corrected chi connectivity index (χ3v) is 6.19. The molecule has 4 rings (SSSR count). The Kier molecular flexibility index (Phi) is 16.5. The highest BCUT2D eigenvalue weighted by molar-refractivity contribution is 6.34. The molecule has 0 aliphatic carbocycles. The zero-order chi connectivity index (χ0) is 31.8. The van der Waals surface area contributed by atoms with E-state index in [1.165, 1.54) is 0 Å². The molecule has 0 spiro atoms. The van der Waals surface area contributed by atoms with Gasteiger partial charge in [-0.25, -0.2) is 9.97 Å². The lowest BCUT2D eigenvalue weighted by molar-refractivity contribution is 0.306. The second-order valence-corrected chi connectivity index (χ2v) is 9.11. The maximum absolute atomic E-state index is 9.43. The first-order valence-corrected chi connectivity index (χ1v) is 13.5. The third-order valence-electron chi connectivity index (χ3n) is 5.37. The van der Waals surface area contributed by atoms with Crippen LogP contribution in [0, 0.1) is 45.3 Å². The Hall–Kier alpha value is -4.75. The number of aromatic nitrogens is 2. The molecule has 4 aromatic rings. The Bertz CT molecular complexity index is 1670. The number of benzene rings is 2. The molecular formula is C31H27Cl3N8O2. The van der Waals surface area contributed by atoms with Gasteiger partial charge in [-0.1, -0.05) is 103 Å². The highest BCUT2D eigenvalue weighted by Crippen LogP contribution is 2.35. The van der Waals surface area contributed by atoms with Crippen molar-refractivity contribution < 1.29 is 10.2 Å². The third kappa shape index (κ3) is 9.38. The number of halogens is 3. The van der Waals surface area contributed by atoms with Crippen molar-refractivity contribution in [1.29, 1.82) is 21.0 Å². The zero-order valence-corrected chi connectivity index (χ0v) is 24.7. The first-order valence-electron chi connectivity index (χ1n) is 12.3. The van der Waals surface area contributed by atoms with Crippen LogP contribution in [0.15, 0.2) is 60.7 Å². The van der Waals surface area contributed by atoms with E-state index in [-0.39, 0.29) is 70.7 Å². The van der Waals surface area contributed by atoms with Gasteiger partial charge in [0.1, 0.15) is 51.1 Å². The fourth-order valence-electron chi connectivity index (χ4n) is 3.59. The Morgan fingerprint density at radius 3 is 1.34 bits per heavy atom. The molecule has 0 fully saturated rings.